The maximum atomic E-state index is 13.5. The molecule has 0 bridgehead atoms. The quantitative estimate of drug-likeness (QED) is 0.0279. The number of amides is 4. The van der Waals surface area contributed by atoms with Gasteiger partial charge in [0.25, 0.3) is 23.6 Å². The lowest BCUT2D eigenvalue weighted by Crippen LogP contribution is -2.18. The molecule has 0 aliphatic rings. The van der Waals surface area contributed by atoms with Gasteiger partial charge in [-0.25, -0.2) is 0 Å². The van der Waals surface area contributed by atoms with Gasteiger partial charge in [0.05, 0.1) is 0 Å². The molecule has 0 unspecified atom stereocenters. The van der Waals surface area contributed by atoms with Gasteiger partial charge in [0.15, 0.2) is 0 Å². The fraction of sp³-hybridized carbons (Fsp3) is 0.0928. The number of carbonyl (C=O) groups is 4. The van der Waals surface area contributed by atoms with Crippen LogP contribution in [0.4, 0.5) is 34.1 Å². The molecule has 0 atom stereocenters. The highest BCUT2D eigenvalue weighted by Gasteiger charge is 2.27. The summed E-state index contributed by atoms with van der Waals surface area (Å²) in [4.78, 5) is 53.9. The number of ether oxygens (including phenoxy) is 6. The van der Waals surface area contributed by atoms with Crippen LogP contribution in [0.25, 0.3) is 0 Å². The van der Waals surface area contributed by atoms with Gasteiger partial charge < -0.3 is 61.2 Å². The molecule has 0 heterocycles. The van der Waals surface area contributed by atoms with E-state index in [9.17, 15) is 19.2 Å². The van der Waals surface area contributed by atoms with Gasteiger partial charge in [-0.3, -0.25) is 19.2 Å². The molecule has 16 heteroatoms. The smallest absolute Gasteiger partial charge is 0.255 e. The first-order valence-electron chi connectivity index (χ1n) is 36.8. The van der Waals surface area contributed by atoms with Crippen molar-refractivity contribution in [1.29, 1.82) is 0 Å². The number of benzene rings is 14. The molecular formula is C97H82N6O10. The number of rotatable bonds is 26. The Kier molecular flexibility index (Phi) is 22.0. The maximum absolute atomic E-state index is 13.5. The van der Waals surface area contributed by atoms with E-state index in [1.54, 1.807) is 146 Å². The number of nitrogens with one attached hydrogen (secondary N) is 4. The second kappa shape index (κ2) is 33.1. The van der Waals surface area contributed by atoms with Gasteiger partial charge in [-0.2, -0.15) is 0 Å². The zero-order valence-electron chi connectivity index (χ0n) is 63.1. The molecule has 0 saturated heterocycles. The van der Waals surface area contributed by atoms with Crippen molar-refractivity contribution in [3.05, 3.63) is 395 Å². The standard InChI is InChI=1S/C97H82N6O10/c1-95(2,67-13-37-79(38-14-67)108-85-49-25-73(98)26-50-85)69-17-41-81(42-18-69)110-87-53-29-75(30-54-87)100-91(104)63-9-7-11-65(61-63)93(106)102-77-33-57-89(58-34-77)112-83-45-21-71(22-46-83)97(5,6)72-23-47-84(48-24-72)113-90-59-35-78(36-60-90)103-94(107)66-12-8-10-64(62-66)92(105)101-76-31-55-88(56-32-76)111-82-43-19-70(20-44-82)96(3,4)68-15-39-80(40-16-68)109-86-51-27-74(99)28-52-86/h7-62H,98-99H2,1-6H3,(H,100,104)(H,101,105)(H,102,106)(H,103,107). The molecular weight excluding hydrogens is 1410 g/mol. The van der Waals surface area contributed by atoms with Crippen molar-refractivity contribution < 1.29 is 47.6 Å². The fourth-order valence-corrected chi connectivity index (χ4v) is 12.9. The Labute approximate surface area is 656 Å². The van der Waals surface area contributed by atoms with E-state index in [1.807, 2.05) is 146 Å². The Morgan fingerprint density at radius 1 is 0.212 bits per heavy atom. The van der Waals surface area contributed by atoms with Crippen LogP contribution in [0.2, 0.25) is 0 Å². The van der Waals surface area contributed by atoms with Crippen LogP contribution in [0, 0.1) is 0 Å². The number of nitrogens with two attached hydrogens (primary N) is 2. The molecule has 0 aliphatic heterocycles. The van der Waals surface area contributed by atoms with E-state index in [4.69, 9.17) is 39.9 Å². The van der Waals surface area contributed by atoms with Crippen molar-refractivity contribution in [1.82, 2.24) is 0 Å². The molecule has 0 spiro atoms. The predicted molar refractivity (Wildman–Crippen MR) is 448 cm³/mol. The molecule has 0 saturated carbocycles. The van der Waals surface area contributed by atoms with Crippen molar-refractivity contribution in [3.8, 4) is 69.0 Å². The van der Waals surface area contributed by atoms with E-state index < -0.39 is 0 Å². The molecule has 4 amide bonds. The van der Waals surface area contributed by atoms with E-state index >= 15 is 0 Å². The van der Waals surface area contributed by atoms with Crippen molar-refractivity contribution in [2.24, 2.45) is 0 Å². The number of carbonyl (C=O) groups excluding carboxylic acids is 4. The summed E-state index contributed by atoms with van der Waals surface area (Å²) in [5.74, 6) is 6.41. The van der Waals surface area contributed by atoms with Crippen molar-refractivity contribution >= 4 is 57.8 Å². The summed E-state index contributed by atoms with van der Waals surface area (Å²) in [5, 5.41) is 11.7. The zero-order valence-corrected chi connectivity index (χ0v) is 63.1. The molecule has 0 fully saturated rings. The van der Waals surface area contributed by atoms with Gasteiger partial charge in [0, 0.05) is 72.6 Å². The highest BCUT2D eigenvalue weighted by molar-refractivity contribution is 6.10. The first-order valence-corrected chi connectivity index (χ1v) is 36.8. The number of nitrogen functional groups attached to an aromatic ring is 2. The van der Waals surface area contributed by atoms with E-state index in [0.717, 1.165) is 56.4 Å². The van der Waals surface area contributed by atoms with E-state index in [1.165, 1.54) is 0 Å². The summed E-state index contributed by atoms with van der Waals surface area (Å²) in [6, 6.07) is 104. The minimum Gasteiger partial charge on any atom is -0.457 e. The lowest BCUT2D eigenvalue weighted by Gasteiger charge is -2.26. The number of hydrogen-bond donors (Lipinski definition) is 6. The van der Waals surface area contributed by atoms with Crippen LogP contribution in [-0.4, -0.2) is 23.6 Å². The SMILES string of the molecule is CC(C)(c1ccc(Oc2ccc(N)cc2)cc1)c1ccc(Oc2ccc(NC(=O)c3cccc(C(=O)Nc4ccc(Oc5ccc(C(C)(C)c6ccc(Oc7ccc(NC(=O)c8cccc(C(=O)Nc9ccc(Oc%10ccc(C(C)(C)c%11ccc(Oc%12ccc(N)cc%12)cc%11)cc%10)cc9)c8)cc7)cc6)cc5)cc4)c3)cc2)cc1. The molecule has 14 aromatic carbocycles. The molecule has 14 rings (SSSR count). The largest absolute Gasteiger partial charge is 0.457 e. The topological polar surface area (TPSA) is 224 Å². The molecule has 14 aromatic rings. The first kappa shape index (κ1) is 75.2. The fourth-order valence-electron chi connectivity index (χ4n) is 12.9. The minimum absolute atomic E-state index is 0.289. The molecule has 560 valence electrons. The summed E-state index contributed by atoms with van der Waals surface area (Å²) in [6.45, 7) is 13.0. The van der Waals surface area contributed by atoms with Crippen molar-refractivity contribution in [2.45, 2.75) is 57.8 Å². The van der Waals surface area contributed by atoms with Crippen LogP contribution in [0.1, 0.15) is 116 Å². The van der Waals surface area contributed by atoms with E-state index in [0.29, 0.717) is 102 Å². The summed E-state index contributed by atoms with van der Waals surface area (Å²) in [7, 11) is 0. The molecule has 0 radical (unpaired) electrons. The third-order valence-electron chi connectivity index (χ3n) is 19.9. The molecule has 16 nitrogen and oxygen atoms in total. The third kappa shape index (κ3) is 18.7. The Balaban J connectivity index is 0.497. The van der Waals surface area contributed by atoms with Crippen LogP contribution in [0.5, 0.6) is 69.0 Å². The Hall–Kier alpha value is -14.6. The van der Waals surface area contributed by atoms with Crippen molar-refractivity contribution in [2.75, 3.05) is 32.7 Å². The summed E-state index contributed by atoms with van der Waals surface area (Å²) in [6.07, 6.45) is 0. The van der Waals surface area contributed by atoms with E-state index in [-0.39, 0.29) is 39.9 Å². The highest BCUT2D eigenvalue weighted by Crippen LogP contribution is 2.40. The second-order valence-electron chi connectivity index (χ2n) is 28.8. The third-order valence-corrected chi connectivity index (χ3v) is 19.9. The van der Waals surface area contributed by atoms with Crippen LogP contribution in [-0.2, 0) is 16.2 Å². The lowest BCUT2D eigenvalue weighted by atomic mass is 9.78. The van der Waals surface area contributed by atoms with Crippen molar-refractivity contribution in [3.63, 3.8) is 0 Å². The Bertz CT molecular complexity index is 5310. The lowest BCUT2D eigenvalue weighted by molar-refractivity contribution is 0.101. The van der Waals surface area contributed by atoms with Gasteiger partial charge in [0.2, 0.25) is 0 Å². The second-order valence-corrected chi connectivity index (χ2v) is 28.8. The molecule has 0 aromatic heterocycles. The molecule has 0 aliphatic carbocycles. The van der Waals surface area contributed by atoms with Gasteiger partial charge in [-0.1, -0.05) is 126 Å². The van der Waals surface area contributed by atoms with Crippen LogP contribution >= 0.6 is 0 Å². The normalized spacial score (nSPS) is 11.3. The Morgan fingerprint density at radius 3 is 0.513 bits per heavy atom. The average Bonchev–Trinajstić information content (AvgIpc) is 0.805. The highest BCUT2D eigenvalue weighted by atomic mass is 16.5. The van der Waals surface area contributed by atoms with Crippen LogP contribution in [0.3, 0.4) is 0 Å². The van der Waals surface area contributed by atoms with Gasteiger partial charge in [-0.15, -0.1) is 0 Å². The van der Waals surface area contributed by atoms with E-state index in [2.05, 4.69) is 111 Å². The first-order chi connectivity index (χ1) is 54.6. The average molecular weight is 1490 g/mol. The summed E-state index contributed by atoms with van der Waals surface area (Å²) < 4.78 is 36.8. The Morgan fingerprint density at radius 2 is 0.354 bits per heavy atom. The maximum Gasteiger partial charge on any atom is 0.255 e. The summed E-state index contributed by atoms with van der Waals surface area (Å²) in [5.41, 5.74) is 22.2. The van der Waals surface area contributed by atoms with Crippen LogP contribution < -0.4 is 61.2 Å². The number of anilines is 6. The predicted octanol–water partition coefficient (Wildman–Crippen LogP) is 23.6. The minimum atomic E-state index is -0.377. The number of hydrogen-bond acceptors (Lipinski definition) is 12. The summed E-state index contributed by atoms with van der Waals surface area (Å²) >= 11 is 0. The molecule has 113 heavy (non-hydrogen) atoms. The van der Waals surface area contributed by atoms with Crippen LogP contribution in [0.15, 0.2) is 340 Å². The zero-order chi connectivity index (χ0) is 78.6. The van der Waals surface area contributed by atoms with Gasteiger partial charge >= 0.3 is 0 Å². The van der Waals surface area contributed by atoms with Gasteiger partial charge in [-0.05, 0) is 288 Å². The molecule has 8 N–H and O–H groups in total. The monoisotopic (exact) mass is 1490 g/mol. The van der Waals surface area contributed by atoms with Gasteiger partial charge in [0.1, 0.15) is 69.0 Å².